The molecule has 1 unspecified atom stereocenters. The summed E-state index contributed by atoms with van der Waals surface area (Å²) >= 11 is 0. The van der Waals surface area contributed by atoms with Crippen LogP contribution in [0.5, 0.6) is 0 Å². The summed E-state index contributed by atoms with van der Waals surface area (Å²) in [5.74, 6) is -1.01. The lowest BCUT2D eigenvalue weighted by Crippen LogP contribution is -2.30. The summed E-state index contributed by atoms with van der Waals surface area (Å²) < 4.78 is 16.7. The molecule has 6 heteroatoms. The summed E-state index contributed by atoms with van der Waals surface area (Å²) in [7, 11) is 0. The Bertz CT molecular complexity index is 1370. The van der Waals surface area contributed by atoms with Crippen molar-refractivity contribution < 1.29 is 28.6 Å². The highest BCUT2D eigenvalue weighted by molar-refractivity contribution is 5.71. The fraction of sp³-hybridized carbons (Fsp3) is 0.596. The molecule has 0 amide bonds. The molecule has 0 saturated heterocycles. The normalized spacial score (nSPS) is 13.1. The molecular formula is C57H90O6. The molecule has 0 N–H and O–H groups in total. The Hall–Kier alpha value is -4.19. The Morgan fingerprint density at radius 2 is 0.619 bits per heavy atom. The molecule has 0 aromatic carbocycles. The van der Waals surface area contributed by atoms with Crippen LogP contribution in [0.4, 0.5) is 0 Å². The molecule has 1 atom stereocenters. The van der Waals surface area contributed by atoms with Gasteiger partial charge >= 0.3 is 17.9 Å². The standard InChI is InChI=1S/C57H90O6/c1-4-7-10-13-16-19-22-25-26-27-28-29-30-33-35-38-41-44-47-50-56(59)62-53-54(63-57(60)51-48-45-42-39-36-32-24-21-18-15-12-9-6-3)52-61-55(58)49-46-43-40-37-34-31-23-20-17-14-11-8-5-2/h8-9,11-12,14-25,31-32,34,36,54H,4-7,10,13,26-30,33,35,37-53H2,1-3H3/b11-8+,12-9+,17-14+,18-15+,19-16+,23-20+,24-21+,25-22+,34-31+,36-32+. The van der Waals surface area contributed by atoms with Crippen molar-refractivity contribution in [3.8, 4) is 0 Å². The Kier molecular flexibility index (Phi) is 47.1. The highest BCUT2D eigenvalue weighted by atomic mass is 16.6. The Morgan fingerprint density at radius 3 is 1.00 bits per heavy atom. The predicted molar refractivity (Wildman–Crippen MR) is 269 cm³/mol. The zero-order chi connectivity index (χ0) is 45.8. The SMILES string of the molecule is CC/C=C/C=C/C=C/C=C/CCCCCC(=O)OCC(COC(=O)CCCCCCCCCCCC/C=C/C=C/CCCCC)OC(=O)CCCCC/C=C/C=C/C=C/C=C/CC. The second-order valence-corrected chi connectivity index (χ2v) is 16.2. The van der Waals surface area contributed by atoms with Crippen LogP contribution in [0.15, 0.2) is 122 Å². The first-order valence-electron chi connectivity index (χ1n) is 25.2. The van der Waals surface area contributed by atoms with Gasteiger partial charge in [0.2, 0.25) is 0 Å². The van der Waals surface area contributed by atoms with Crippen LogP contribution >= 0.6 is 0 Å². The molecule has 0 aliphatic heterocycles. The highest BCUT2D eigenvalue weighted by Crippen LogP contribution is 2.14. The summed E-state index contributed by atoms with van der Waals surface area (Å²) in [6.07, 6.45) is 69.0. The fourth-order valence-corrected chi connectivity index (χ4v) is 6.39. The van der Waals surface area contributed by atoms with Gasteiger partial charge in [-0.05, 0) is 83.5 Å². The minimum Gasteiger partial charge on any atom is -0.462 e. The van der Waals surface area contributed by atoms with Crippen LogP contribution in [0.3, 0.4) is 0 Å². The number of unbranched alkanes of at least 4 members (excludes halogenated alkanes) is 19. The maximum Gasteiger partial charge on any atom is 0.306 e. The van der Waals surface area contributed by atoms with Crippen molar-refractivity contribution in [2.75, 3.05) is 13.2 Å². The minimum absolute atomic E-state index is 0.112. The summed E-state index contributed by atoms with van der Waals surface area (Å²) in [5.41, 5.74) is 0. The maximum absolute atomic E-state index is 12.8. The van der Waals surface area contributed by atoms with Crippen LogP contribution in [0.2, 0.25) is 0 Å². The largest absolute Gasteiger partial charge is 0.462 e. The molecule has 0 saturated carbocycles. The van der Waals surface area contributed by atoms with Crippen LogP contribution in [-0.4, -0.2) is 37.2 Å². The lowest BCUT2D eigenvalue weighted by molar-refractivity contribution is -0.167. The minimum atomic E-state index is -0.818. The van der Waals surface area contributed by atoms with Gasteiger partial charge in [-0.1, -0.05) is 219 Å². The third kappa shape index (κ3) is 48.7. The molecule has 0 spiro atoms. The van der Waals surface area contributed by atoms with Crippen molar-refractivity contribution in [3.05, 3.63) is 122 Å². The third-order valence-corrected chi connectivity index (χ3v) is 10.1. The van der Waals surface area contributed by atoms with Gasteiger partial charge in [0.05, 0.1) is 0 Å². The van der Waals surface area contributed by atoms with Gasteiger partial charge in [0.15, 0.2) is 6.10 Å². The van der Waals surface area contributed by atoms with Crippen molar-refractivity contribution in [2.24, 2.45) is 0 Å². The van der Waals surface area contributed by atoms with Crippen molar-refractivity contribution in [2.45, 2.75) is 207 Å². The predicted octanol–water partition coefficient (Wildman–Crippen LogP) is 16.5. The van der Waals surface area contributed by atoms with Crippen molar-refractivity contribution in [1.29, 1.82) is 0 Å². The van der Waals surface area contributed by atoms with Crippen molar-refractivity contribution >= 4 is 17.9 Å². The first-order valence-corrected chi connectivity index (χ1v) is 25.2. The van der Waals surface area contributed by atoms with Gasteiger partial charge in [-0.3, -0.25) is 14.4 Å². The van der Waals surface area contributed by atoms with E-state index in [-0.39, 0.29) is 37.5 Å². The summed E-state index contributed by atoms with van der Waals surface area (Å²) in [6, 6.07) is 0. The van der Waals surface area contributed by atoms with Crippen molar-refractivity contribution in [1.82, 2.24) is 0 Å². The maximum atomic E-state index is 12.8. The van der Waals surface area contributed by atoms with Gasteiger partial charge in [-0.15, -0.1) is 0 Å². The Labute approximate surface area is 386 Å². The first kappa shape index (κ1) is 58.8. The summed E-state index contributed by atoms with van der Waals surface area (Å²) in [6.45, 7) is 6.23. The van der Waals surface area contributed by atoms with Crippen LogP contribution in [0, 0.1) is 0 Å². The topological polar surface area (TPSA) is 78.9 Å². The van der Waals surface area contributed by atoms with Gasteiger partial charge < -0.3 is 14.2 Å². The lowest BCUT2D eigenvalue weighted by Gasteiger charge is -2.18. The zero-order valence-electron chi connectivity index (χ0n) is 40.3. The van der Waals surface area contributed by atoms with Crippen LogP contribution < -0.4 is 0 Å². The van der Waals surface area contributed by atoms with Crippen molar-refractivity contribution in [3.63, 3.8) is 0 Å². The lowest BCUT2D eigenvalue weighted by atomic mass is 10.1. The van der Waals surface area contributed by atoms with Crippen LogP contribution in [0.1, 0.15) is 201 Å². The van der Waals surface area contributed by atoms with E-state index >= 15 is 0 Å². The first-order chi connectivity index (χ1) is 31.0. The molecule has 0 fully saturated rings. The Morgan fingerprint density at radius 1 is 0.333 bits per heavy atom. The van der Waals surface area contributed by atoms with E-state index in [1.54, 1.807) is 0 Å². The smallest absolute Gasteiger partial charge is 0.306 e. The molecule has 354 valence electrons. The van der Waals surface area contributed by atoms with E-state index in [9.17, 15) is 14.4 Å². The average Bonchev–Trinajstić information content (AvgIpc) is 3.28. The number of hydrogen-bond acceptors (Lipinski definition) is 6. The summed E-state index contributed by atoms with van der Waals surface area (Å²) in [4.78, 5) is 37.9. The molecule has 0 aliphatic carbocycles. The third-order valence-electron chi connectivity index (χ3n) is 10.1. The number of rotatable bonds is 43. The van der Waals surface area contributed by atoms with E-state index in [4.69, 9.17) is 14.2 Å². The van der Waals surface area contributed by atoms with E-state index in [0.717, 1.165) is 77.0 Å². The van der Waals surface area contributed by atoms with E-state index in [1.165, 1.54) is 77.0 Å². The van der Waals surface area contributed by atoms with Crippen LogP contribution in [0.25, 0.3) is 0 Å². The molecule has 0 rings (SSSR count). The van der Waals surface area contributed by atoms with E-state index < -0.39 is 6.10 Å². The molecule has 0 bridgehead atoms. The number of ether oxygens (including phenoxy) is 3. The van der Waals surface area contributed by atoms with Gasteiger partial charge in [-0.2, -0.15) is 0 Å². The van der Waals surface area contributed by atoms with E-state index in [0.29, 0.717) is 19.3 Å². The molecule has 63 heavy (non-hydrogen) atoms. The van der Waals surface area contributed by atoms with Gasteiger partial charge in [0, 0.05) is 19.3 Å². The summed E-state index contributed by atoms with van der Waals surface area (Å²) in [5, 5.41) is 0. The molecule has 0 aromatic heterocycles. The molecule has 0 radical (unpaired) electrons. The molecule has 0 aromatic rings. The van der Waals surface area contributed by atoms with Crippen LogP contribution in [-0.2, 0) is 28.6 Å². The van der Waals surface area contributed by atoms with Gasteiger partial charge in [0.1, 0.15) is 13.2 Å². The van der Waals surface area contributed by atoms with E-state index in [1.807, 2.05) is 72.9 Å². The second kappa shape index (κ2) is 50.5. The second-order valence-electron chi connectivity index (χ2n) is 16.2. The fourth-order valence-electron chi connectivity index (χ4n) is 6.39. The quantitative estimate of drug-likeness (QED) is 0.0263. The Balaban J connectivity index is 4.47. The van der Waals surface area contributed by atoms with Gasteiger partial charge in [-0.25, -0.2) is 0 Å². The number of hydrogen-bond donors (Lipinski definition) is 0. The number of carbonyl (C=O) groups excluding carboxylic acids is 3. The highest BCUT2D eigenvalue weighted by Gasteiger charge is 2.19. The zero-order valence-corrected chi connectivity index (χ0v) is 40.3. The average molecular weight is 871 g/mol. The monoisotopic (exact) mass is 871 g/mol. The van der Waals surface area contributed by atoms with Gasteiger partial charge in [0.25, 0.3) is 0 Å². The number of esters is 3. The molecule has 0 aliphatic rings. The number of allylic oxidation sites excluding steroid dienone is 20. The molecule has 6 nitrogen and oxygen atoms in total. The number of carbonyl (C=O) groups is 3. The molecular weight excluding hydrogens is 781 g/mol. The molecule has 0 heterocycles. The van der Waals surface area contributed by atoms with E-state index in [2.05, 4.69) is 69.4 Å².